The minimum absolute atomic E-state index is 0.0482. The number of primary sulfonamides is 1. The SMILES string of the molecule is NS(=O)(=O)c1ccc(CCNC(=O)CN2CCN(S(=O)(=O)c3ccc4ccccc4c3)CC2)cc1. The number of nitrogens with zero attached hydrogens (tertiary/aromatic N) is 2. The molecule has 1 heterocycles. The summed E-state index contributed by atoms with van der Waals surface area (Å²) in [5.41, 5.74) is 0.880. The second-order valence-electron chi connectivity index (χ2n) is 8.48. The number of rotatable bonds is 8. The van der Waals surface area contributed by atoms with Crippen LogP contribution in [-0.2, 0) is 31.3 Å². The Kier molecular flexibility index (Phi) is 7.53. The van der Waals surface area contributed by atoms with E-state index in [2.05, 4.69) is 5.32 Å². The van der Waals surface area contributed by atoms with Crippen LogP contribution in [0.3, 0.4) is 0 Å². The lowest BCUT2D eigenvalue weighted by Gasteiger charge is -2.33. The number of nitrogens with two attached hydrogens (primary N) is 1. The molecule has 186 valence electrons. The van der Waals surface area contributed by atoms with Crippen molar-refractivity contribution in [1.82, 2.24) is 14.5 Å². The summed E-state index contributed by atoms with van der Waals surface area (Å²) in [5.74, 6) is -0.142. The molecule has 35 heavy (non-hydrogen) atoms. The van der Waals surface area contributed by atoms with Crippen molar-refractivity contribution in [2.75, 3.05) is 39.3 Å². The first-order valence-electron chi connectivity index (χ1n) is 11.2. The van der Waals surface area contributed by atoms with E-state index in [1.54, 1.807) is 24.3 Å². The Bertz CT molecular complexity index is 1420. The van der Waals surface area contributed by atoms with Crippen LogP contribution in [0.5, 0.6) is 0 Å². The Morgan fingerprint density at radius 2 is 1.46 bits per heavy atom. The zero-order valence-electron chi connectivity index (χ0n) is 19.1. The molecule has 4 rings (SSSR count). The maximum absolute atomic E-state index is 13.1. The summed E-state index contributed by atoms with van der Waals surface area (Å²) in [6.45, 7) is 2.17. The summed E-state index contributed by atoms with van der Waals surface area (Å²) in [4.78, 5) is 14.6. The Balaban J connectivity index is 1.24. The fraction of sp³-hybridized carbons (Fsp3) is 0.292. The molecule has 0 saturated carbocycles. The second kappa shape index (κ2) is 10.4. The van der Waals surface area contributed by atoms with Gasteiger partial charge in [0.2, 0.25) is 26.0 Å². The first-order chi connectivity index (χ1) is 16.6. The standard InChI is InChI=1S/C24H28N4O5S2/c25-34(30,31)22-8-5-19(6-9-22)11-12-26-24(29)18-27-13-15-28(16-14-27)35(32,33)23-10-7-20-3-1-2-4-21(20)17-23/h1-10,17H,11-16,18H2,(H,26,29)(H2,25,30,31). The number of nitrogens with one attached hydrogen (secondary N) is 1. The predicted octanol–water partition coefficient (Wildman–Crippen LogP) is 1.15. The third-order valence-corrected chi connectivity index (χ3v) is 8.87. The molecule has 0 unspecified atom stereocenters. The highest BCUT2D eigenvalue weighted by Crippen LogP contribution is 2.22. The maximum atomic E-state index is 13.1. The number of fused-ring (bicyclic) bond motifs is 1. The first kappa shape index (κ1) is 25.3. The number of sulfonamides is 2. The van der Waals surface area contributed by atoms with Crippen molar-refractivity contribution in [3.63, 3.8) is 0 Å². The smallest absolute Gasteiger partial charge is 0.243 e. The van der Waals surface area contributed by atoms with E-state index >= 15 is 0 Å². The number of hydrogen-bond acceptors (Lipinski definition) is 6. The number of benzene rings is 3. The minimum Gasteiger partial charge on any atom is -0.355 e. The molecule has 1 aliphatic rings. The highest BCUT2D eigenvalue weighted by molar-refractivity contribution is 7.89. The molecular formula is C24H28N4O5S2. The van der Waals surface area contributed by atoms with Crippen LogP contribution < -0.4 is 10.5 Å². The average Bonchev–Trinajstić information content (AvgIpc) is 2.84. The van der Waals surface area contributed by atoms with Crippen molar-refractivity contribution < 1.29 is 21.6 Å². The van der Waals surface area contributed by atoms with Crippen LogP contribution in [0.4, 0.5) is 0 Å². The van der Waals surface area contributed by atoms with Gasteiger partial charge in [0.15, 0.2) is 0 Å². The van der Waals surface area contributed by atoms with E-state index in [1.165, 1.54) is 16.4 Å². The minimum atomic E-state index is -3.72. The molecule has 1 saturated heterocycles. The second-order valence-corrected chi connectivity index (χ2v) is 12.0. The first-order valence-corrected chi connectivity index (χ1v) is 14.2. The molecule has 9 nitrogen and oxygen atoms in total. The van der Waals surface area contributed by atoms with E-state index in [0.717, 1.165) is 16.3 Å². The maximum Gasteiger partial charge on any atom is 0.243 e. The van der Waals surface area contributed by atoms with Crippen LogP contribution in [0, 0.1) is 0 Å². The van der Waals surface area contributed by atoms with Gasteiger partial charge in [-0.05, 0) is 47.0 Å². The molecule has 3 aromatic carbocycles. The summed E-state index contributed by atoms with van der Waals surface area (Å²) in [7, 11) is -7.33. The zero-order chi connectivity index (χ0) is 25.1. The van der Waals surface area contributed by atoms with Crippen LogP contribution in [-0.4, -0.2) is 71.2 Å². The summed E-state index contributed by atoms with van der Waals surface area (Å²) >= 11 is 0. The third kappa shape index (κ3) is 6.24. The summed E-state index contributed by atoms with van der Waals surface area (Å²) in [5, 5.41) is 9.81. The number of amides is 1. The topological polar surface area (TPSA) is 130 Å². The predicted molar refractivity (Wildman–Crippen MR) is 134 cm³/mol. The van der Waals surface area contributed by atoms with Gasteiger partial charge in [-0.15, -0.1) is 0 Å². The quantitative estimate of drug-likeness (QED) is 0.462. The largest absolute Gasteiger partial charge is 0.355 e. The molecule has 0 aromatic heterocycles. The molecule has 11 heteroatoms. The Hall–Kier alpha value is -2.83. The molecule has 1 amide bonds. The van der Waals surface area contributed by atoms with Crippen molar-refractivity contribution in [2.24, 2.45) is 5.14 Å². The van der Waals surface area contributed by atoms with E-state index in [0.29, 0.717) is 39.1 Å². The fourth-order valence-corrected chi connectivity index (χ4v) is 6.03. The van der Waals surface area contributed by atoms with Gasteiger partial charge in [0, 0.05) is 32.7 Å². The molecule has 3 N–H and O–H groups in total. The Morgan fingerprint density at radius 3 is 2.11 bits per heavy atom. The molecule has 0 spiro atoms. The van der Waals surface area contributed by atoms with Crippen LogP contribution in [0.1, 0.15) is 5.56 Å². The van der Waals surface area contributed by atoms with Gasteiger partial charge in [-0.2, -0.15) is 4.31 Å². The normalized spacial score (nSPS) is 15.8. The highest BCUT2D eigenvalue weighted by Gasteiger charge is 2.29. The van der Waals surface area contributed by atoms with Crippen molar-refractivity contribution in [3.8, 4) is 0 Å². The number of carbonyl (C=O) groups excluding carboxylic acids is 1. The Morgan fingerprint density at radius 1 is 0.829 bits per heavy atom. The lowest BCUT2D eigenvalue weighted by atomic mass is 10.1. The molecule has 3 aromatic rings. The zero-order valence-corrected chi connectivity index (χ0v) is 20.8. The lowest BCUT2D eigenvalue weighted by Crippen LogP contribution is -2.51. The van der Waals surface area contributed by atoms with E-state index in [1.807, 2.05) is 35.2 Å². The van der Waals surface area contributed by atoms with Gasteiger partial charge in [0.25, 0.3) is 0 Å². The number of hydrogen-bond donors (Lipinski definition) is 2. The molecule has 0 radical (unpaired) electrons. The van der Waals surface area contributed by atoms with Gasteiger partial charge in [0.1, 0.15) is 0 Å². The Labute approximate surface area is 205 Å². The third-order valence-electron chi connectivity index (χ3n) is 6.04. The summed E-state index contributed by atoms with van der Waals surface area (Å²) in [6.07, 6.45) is 0.550. The van der Waals surface area contributed by atoms with E-state index in [4.69, 9.17) is 5.14 Å². The van der Waals surface area contributed by atoms with Gasteiger partial charge in [0.05, 0.1) is 16.3 Å². The van der Waals surface area contributed by atoms with E-state index in [-0.39, 0.29) is 22.2 Å². The van der Waals surface area contributed by atoms with Gasteiger partial charge < -0.3 is 5.32 Å². The monoisotopic (exact) mass is 516 g/mol. The fourth-order valence-electron chi connectivity index (χ4n) is 4.06. The van der Waals surface area contributed by atoms with E-state index < -0.39 is 20.0 Å². The molecule has 0 atom stereocenters. The van der Waals surface area contributed by atoms with Crippen molar-refractivity contribution in [2.45, 2.75) is 16.2 Å². The van der Waals surface area contributed by atoms with Gasteiger partial charge in [-0.3, -0.25) is 9.69 Å². The summed E-state index contributed by atoms with van der Waals surface area (Å²) < 4.78 is 50.3. The number of piperazine rings is 1. The van der Waals surface area contributed by atoms with Gasteiger partial charge >= 0.3 is 0 Å². The molecule has 0 aliphatic carbocycles. The van der Waals surface area contributed by atoms with Gasteiger partial charge in [-0.1, -0.05) is 42.5 Å². The average molecular weight is 517 g/mol. The molecule has 1 aliphatic heterocycles. The highest BCUT2D eigenvalue weighted by atomic mass is 32.2. The van der Waals surface area contributed by atoms with Crippen molar-refractivity contribution in [3.05, 3.63) is 72.3 Å². The van der Waals surface area contributed by atoms with E-state index in [9.17, 15) is 21.6 Å². The molecule has 0 bridgehead atoms. The molecule has 1 fully saturated rings. The van der Waals surface area contributed by atoms with Crippen molar-refractivity contribution in [1.29, 1.82) is 0 Å². The van der Waals surface area contributed by atoms with Crippen molar-refractivity contribution >= 4 is 36.7 Å². The van der Waals surface area contributed by atoms with Crippen LogP contribution in [0.2, 0.25) is 0 Å². The van der Waals surface area contributed by atoms with Gasteiger partial charge in [-0.25, -0.2) is 22.0 Å². The number of carbonyl (C=O) groups is 1. The van der Waals surface area contributed by atoms with Crippen LogP contribution in [0.25, 0.3) is 10.8 Å². The molecular weight excluding hydrogens is 488 g/mol. The lowest BCUT2D eigenvalue weighted by molar-refractivity contribution is -0.122. The van der Waals surface area contributed by atoms with Crippen LogP contribution in [0.15, 0.2) is 76.5 Å². The summed E-state index contributed by atoms with van der Waals surface area (Å²) in [6, 6.07) is 19.0. The van der Waals surface area contributed by atoms with Crippen LogP contribution >= 0.6 is 0 Å².